The zero-order valence-electron chi connectivity index (χ0n) is 12.1. The molecule has 0 bridgehead atoms. The van der Waals surface area contributed by atoms with Crippen LogP contribution >= 0.6 is 0 Å². The van der Waals surface area contributed by atoms with Crippen LogP contribution in [0.3, 0.4) is 0 Å². The maximum atomic E-state index is 14.3. The molecule has 20 heavy (non-hydrogen) atoms. The van der Waals surface area contributed by atoms with Crippen LogP contribution in [0.2, 0.25) is 0 Å². The van der Waals surface area contributed by atoms with Crippen LogP contribution in [0, 0.1) is 11.6 Å². The molecule has 0 aliphatic rings. The van der Waals surface area contributed by atoms with Crippen molar-refractivity contribution in [2.75, 3.05) is 13.6 Å². The molecule has 114 valence electrons. The second-order valence-electron chi connectivity index (χ2n) is 4.67. The monoisotopic (exact) mass is 306 g/mol. The van der Waals surface area contributed by atoms with Crippen LogP contribution in [-0.2, 0) is 16.6 Å². The summed E-state index contributed by atoms with van der Waals surface area (Å²) in [5.41, 5.74) is -0.270. The minimum Gasteiger partial charge on any atom is -0.315 e. The van der Waals surface area contributed by atoms with E-state index in [9.17, 15) is 17.2 Å². The van der Waals surface area contributed by atoms with Crippen LogP contribution in [0.1, 0.15) is 26.3 Å². The molecule has 0 saturated carbocycles. The lowest BCUT2D eigenvalue weighted by atomic mass is 10.2. The molecule has 0 heterocycles. The van der Waals surface area contributed by atoms with Gasteiger partial charge in [0.2, 0.25) is 10.0 Å². The molecule has 1 aromatic rings. The number of nitrogens with one attached hydrogen (secondary N) is 1. The van der Waals surface area contributed by atoms with E-state index in [0.717, 1.165) is 12.1 Å². The maximum absolute atomic E-state index is 14.3. The van der Waals surface area contributed by atoms with E-state index in [4.69, 9.17) is 0 Å². The lowest BCUT2D eigenvalue weighted by molar-refractivity contribution is 0.366. The van der Waals surface area contributed by atoms with Crippen molar-refractivity contribution in [2.24, 2.45) is 0 Å². The number of benzene rings is 1. The Kier molecular flexibility index (Phi) is 5.61. The van der Waals surface area contributed by atoms with Crippen molar-refractivity contribution in [3.63, 3.8) is 0 Å². The van der Waals surface area contributed by atoms with E-state index in [-0.39, 0.29) is 24.7 Å². The Labute approximate surface area is 118 Å². The van der Waals surface area contributed by atoms with Crippen LogP contribution in [0.25, 0.3) is 0 Å². The summed E-state index contributed by atoms with van der Waals surface area (Å²) in [5.74, 6) is -1.79. The van der Waals surface area contributed by atoms with Crippen LogP contribution in [0.4, 0.5) is 8.78 Å². The van der Waals surface area contributed by atoms with Crippen molar-refractivity contribution >= 4 is 10.0 Å². The van der Waals surface area contributed by atoms with E-state index >= 15 is 0 Å². The number of hydrogen-bond donors (Lipinski definition) is 1. The molecule has 0 aliphatic carbocycles. The van der Waals surface area contributed by atoms with Crippen LogP contribution in [-0.4, -0.2) is 32.4 Å². The fourth-order valence-corrected chi connectivity index (χ4v) is 3.79. The third-order valence-electron chi connectivity index (χ3n) is 2.98. The molecule has 1 aromatic carbocycles. The van der Waals surface area contributed by atoms with E-state index in [2.05, 4.69) is 5.32 Å². The average Bonchev–Trinajstić information content (AvgIpc) is 2.33. The van der Waals surface area contributed by atoms with Gasteiger partial charge in [-0.05, 0) is 33.0 Å². The predicted molar refractivity (Wildman–Crippen MR) is 73.8 cm³/mol. The van der Waals surface area contributed by atoms with Crippen molar-refractivity contribution in [1.82, 2.24) is 9.62 Å². The highest BCUT2D eigenvalue weighted by Gasteiger charge is 2.30. The fourth-order valence-electron chi connectivity index (χ4n) is 2.05. The Balaban J connectivity index is 3.43. The van der Waals surface area contributed by atoms with Gasteiger partial charge in [-0.2, -0.15) is 4.31 Å². The van der Waals surface area contributed by atoms with E-state index in [1.807, 2.05) is 0 Å². The van der Waals surface area contributed by atoms with Gasteiger partial charge >= 0.3 is 0 Å². The van der Waals surface area contributed by atoms with Gasteiger partial charge in [0.1, 0.15) is 10.7 Å². The Morgan fingerprint density at radius 1 is 1.30 bits per heavy atom. The van der Waals surface area contributed by atoms with E-state index in [1.54, 1.807) is 20.8 Å². The van der Waals surface area contributed by atoms with E-state index in [0.29, 0.717) is 0 Å². The summed E-state index contributed by atoms with van der Waals surface area (Å²) in [6.07, 6.45) is 0. The third-order valence-corrected chi connectivity index (χ3v) is 5.15. The van der Waals surface area contributed by atoms with E-state index < -0.39 is 26.6 Å². The number of nitrogens with zero attached hydrogens (tertiary/aromatic N) is 1. The summed E-state index contributed by atoms with van der Waals surface area (Å²) in [6, 6.07) is 1.66. The molecule has 0 saturated heterocycles. The van der Waals surface area contributed by atoms with Crippen molar-refractivity contribution in [3.8, 4) is 0 Å². The van der Waals surface area contributed by atoms with Crippen molar-refractivity contribution < 1.29 is 17.2 Å². The summed E-state index contributed by atoms with van der Waals surface area (Å²) < 4.78 is 53.9. The van der Waals surface area contributed by atoms with Gasteiger partial charge < -0.3 is 5.32 Å². The first-order chi connectivity index (χ1) is 9.27. The molecular weight excluding hydrogens is 286 g/mol. The number of sulfonamides is 1. The Morgan fingerprint density at radius 2 is 1.90 bits per heavy atom. The summed E-state index contributed by atoms with van der Waals surface area (Å²) >= 11 is 0. The maximum Gasteiger partial charge on any atom is 0.246 e. The molecule has 0 spiro atoms. The molecule has 0 aliphatic heterocycles. The predicted octanol–water partition coefficient (Wildman–Crippen LogP) is 2.10. The van der Waals surface area contributed by atoms with Crippen molar-refractivity contribution in [3.05, 3.63) is 29.3 Å². The highest BCUT2D eigenvalue weighted by atomic mass is 32.2. The van der Waals surface area contributed by atoms with Crippen LogP contribution in [0.15, 0.2) is 17.0 Å². The standard InChI is InChI=1S/C13H20F2N2O2S/c1-5-17(9(2)3)20(18,19)12-7-6-11(14)10(8-16-4)13(12)15/h6-7,9,16H,5,8H2,1-4H3. The van der Waals surface area contributed by atoms with Gasteiger partial charge in [0.05, 0.1) is 0 Å². The lowest BCUT2D eigenvalue weighted by Crippen LogP contribution is -2.37. The third kappa shape index (κ3) is 3.16. The molecule has 7 heteroatoms. The molecule has 0 fully saturated rings. The highest BCUT2D eigenvalue weighted by Crippen LogP contribution is 2.25. The fraction of sp³-hybridized carbons (Fsp3) is 0.538. The summed E-state index contributed by atoms with van der Waals surface area (Å²) in [5, 5.41) is 2.62. The molecule has 0 radical (unpaired) electrons. The van der Waals surface area contributed by atoms with Crippen molar-refractivity contribution in [2.45, 2.75) is 38.3 Å². The minimum atomic E-state index is -3.97. The van der Waals surface area contributed by atoms with Gasteiger partial charge in [-0.25, -0.2) is 17.2 Å². The van der Waals surface area contributed by atoms with Gasteiger partial charge in [-0.3, -0.25) is 0 Å². The SMILES string of the molecule is CCN(C(C)C)S(=O)(=O)c1ccc(F)c(CNC)c1F. The zero-order chi connectivity index (χ0) is 15.5. The first-order valence-corrected chi connectivity index (χ1v) is 7.84. The molecule has 0 unspecified atom stereocenters. The van der Waals surface area contributed by atoms with Gasteiger partial charge in [0, 0.05) is 24.7 Å². The molecule has 1 rings (SSSR count). The molecule has 1 N–H and O–H groups in total. The summed E-state index contributed by atoms with van der Waals surface area (Å²) in [7, 11) is -2.44. The van der Waals surface area contributed by atoms with Crippen molar-refractivity contribution in [1.29, 1.82) is 0 Å². The Bertz CT molecular complexity index is 574. The van der Waals surface area contributed by atoms with Crippen LogP contribution in [0.5, 0.6) is 0 Å². The quantitative estimate of drug-likeness (QED) is 0.875. The second kappa shape index (κ2) is 6.60. The average molecular weight is 306 g/mol. The van der Waals surface area contributed by atoms with E-state index in [1.165, 1.54) is 11.4 Å². The first kappa shape index (κ1) is 17.0. The first-order valence-electron chi connectivity index (χ1n) is 6.40. The molecule has 0 atom stereocenters. The molecule has 0 aromatic heterocycles. The van der Waals surface area contributed by atoms with Gasteiger partial charge in [0.25, 0.3) is 0 Å². The lowest BCUT2D eigenvalue weighted by Gasteiger charge is -2.25. The minimum absolute atomic E-state index is 0.0746. The highest BCUT2D eigenvalue weighted by molar-refractivity contribution is 7.89. The summed E-state index contributed by atoms with van der Waals surface area (Å²) in [4.78, 5) is -0.486. The Hall–Kier alpha value is -1.05. The van der Waals surface area contributed by atoms with Crippen LogP contribution < -0.4 is 5.32 Å². The topological polar surface area (TPSA) is 49.4 Å². The zero-order valence-corrected chi connectivity index (χ0v) is 12.9. The number of rotatable bonds is 6. The smallest absolute Gasteiger partial charge is 0.246 e. The summed E-state index contributed by atoms with van der Waals surface area (Å²) in [6.45, 7) is 5.23. The second-order valence-corrected chi connectivity index (χ2v) is 6.53. The van der Waals surface area contributed by atoms with Gasteiger partial charge in [-0.15, -0.1) is 0 Å². The molecule has 4 nitrogen and oxygen atoms in total. The molecule has 0 amide bonds. The number of halogens is 2. The number of hydrogen-bond acceptors (Lipinski definition) is 3. The normalized spacial score (nSPS) is 12.4. The Morgan fingerprint density at radius 3 is 2.35 bits per heavy atom. The largest absolute Gasteiger partial charge is 0.315 e. The van der Waals surface area contributed by atoms with Gasteiger partial charge in [-0.1, -0.05) is 6.92 Å². The molecular formula is C13H20F2N2O2S. The van der Waals surface area contributed by atoms with Gasteiger partial charge in [0.15, 0.2) is 5.82 Å².